The van der Waals surface area contributed by atoms with Crippen LogP contribution in [-0.2, 0) is 4.65 Å². The van der Waals surface area contributed by atoms with Gasteiger partial charge in [0.1, 0.15) is 0 Å². The van der Waals surface area contributed by atoms with Gasteiger partial charge >= 0.3 is 7.32 Å². The van der Waals surface area contributed by atoms with Gasteiger partial charge in [-0.15, -0.1) is 0 Å². The lowest BCUT2D eigenvalue weighted by molar-refractivity contribution is 0.0829. The summed E-state index contributed by atoms with van der Waals surface area (Å²) in [5, 5.41) is 24.7. The zero-order valence-electron chi connectivity index (χ0n) is 4.77. The monoisotopic (exact) mass is 152 g/mol. The number of hydrogen-bond donors (Lipinski definition) is 4. The van der Waals surface area contributed by atoms with Gasteiger partial charge in [0.2, 0.25) is 0 Å². The molecule has 0 bridgehead atoms. The van der Waals surface area contributed by atoms with Crippen molar-refractivity contribution >= 4 is 20.0 Å². The molecule has 9 heavy (non-hydrogen) atoms. The second-order valence-corrected chi connectivity index (χ2v) is 1.81. The molecule has 1 atom stereocenters. The predicted molar refractivity (Wildman–Crippen MR) is 36.0 cm³/mol. The molecule has 0 fully saturated rings. The molecule has 0 radical (unpaired) electrons. The summed E-state index contributed by atoms with van der Waals surface area (Å²) in [5.41, 5.74) is 0. The van der Waals surface area contributed by atoms with E-state index in [2.05, 4.69) is 17.3 Å². The molecule has 0 aliphatic rings. The molecule has 6 heteroatoms. The lowest BCUT2D eigenvalue weighted by Gasteiger charge is -2.10. The normalized spacial score (nSPS) is 13.3. The van der Waals surface area contributed by atoms with Crippen LogP contribution in [-0.4, -0.2) is 40.9 Å². The highest BCUT2D eigenvalue weighted by atomic mass is 32.1. The van der Waals surface area contributed by atoms with Crippen molar-refractivity contribution in [2.24, 2.45) is 0 Å². The Labute approximate surface area is 59.0 Å². The molecule has 0 aliphatic heterocycles. The Hall–Kier alpha value is 0.255. The minimum absolute atomic E-state index is 0.258. The summed E-state index contributed by atoms with van der Waals surface area (Å²) in [6, 6.07) is 0. The molecule has 0 heterocycles. The van der Waals surface area contributed by atoms with Gasteiger partial charge in [0.05, 0.1) is 12.7 Å². The molecule has 0 rings (SSSR count). The smallest absolute Gasteiger partial charge is 0.402 e. The Bertz CT molecular complexity index is 66.8. The Kier molecular flexibility index (Phi) is 5.22. The summed E-state index contributed by atoms with van der Waals surface area (Å²) >= 11 is 3.76. The number of aliphatic hydroxyl groups is 1. The van der Waals surface area contributed by atoms with E-state index in [-0.39, 0.29) is 12.4 Å². The fourth-order valence-corrected chi connectivity index (χ4v) is 0.517. The summed E-state index contributed by atoms with van der Waals surface area (Å²) in [6.45, 7) is -0.263. The zero-order chi connectivity index (χ0) is 7.28. The molecule has 0 aromatic carbocycles. The molecule has 0 saturated carbocycles. The number of thiol groups is 1. The van der Waals surface area contributed by atoms with Crippen molar-refractivity contribution in [3.05, 3.63) is 0 Å². The minimum atomic E-state index is -1.82. The first-order valence-corrected chi connectivity index (χ1v) is 3.07. The molecular weight excluding hydrogens is 143 g/mol. The van der Waals surface area contributed by atoms with Gasteiger partial charge in [0, 0.05) is 5.75 Å². The topological polar surface area (TPSA) is 69.9 Å². The van der Waals surface area contributed by atoms with Crippen molar-refractivity contribution in [2.75, 3.05) is 12.4 Å². The lowest BCUT2D eigenvalue weighted by atomic mass is 10.2. The van der Waals surface area contributed by atoms with Crippen molar-refractivity contribution in [1.29, 1.82) is 0 Å². The minimum Gasteiger partial charge on any atom is -0.402 e. The lowest BCUT2D eigenvalue weighted by Crippen LogP contribution is -2.29. The highest BCUT2D eigenvalue weighted by Crippen LogP contribution is 1.93. The van der Waals surface area contributed by atoms with Crippen molar-refractivity contribution in [3.63, 3.8) is 0 Å². The average Bonchev–Trinajstić information content (AvgIpc) is 1.82. The van der Waals surface area contributed by atoms with Gasteiger partial charge in [0.15, 0.2) is 0 Å². The van der Waals surface area contributed by atoms with E-state index in [0.717, 1.165) is 0 Å². The molecular formula is C3H9BO4S. The van der Waals surface area contributed by atoms with Crippen LogP contribution in [0.15, 0.2) is 0 Å². The van der Waals surface area contributed by atoms with Crippen LogP contribution in [0.1, 0.15) is 0 Å². The van der Waals surface area contributed by atoms with Gasteiger partial charge in [-0.05, 0) is 0 Å². The third-order valence-electron chi connectivity index (χ3n) is 0.721. The highest BCUT2D eigenvalue weighted by Gasteiger charge is 2.15. The molecule has 3 N–H and O–H groups in total. The Morgan fingerprint density at radius 3 is 2.22 bits per heavy atom. The van der Waals surface area contributed by atoms with E-state index in [9.17, 15) is 0 Å². The summed E-state index contributed by atoms with van der Waals surface area (Å²) in [6.07, 6.45) is -0.603. The van der Waals surface area contributed by atoms with E-state index in [1.165, 1.54) is 0 Å². The van der Waals surface area contributed by atoms with E-state index in [0.29, 0.717) is 0 Å². The second-order valence-electron chi connectivity index (χ2n) is 1.45. The van der Waals surface area contributed by atoms with Crippen molar-refractivity contribution < 1.29 is 19.8 Å². The van der Waals surface area contributed by atoms with E-state index < -0.39 is 13.4 Å². The van der Waals surface area contributed by atoms with E-state index >= 15 is 0 Å². The molecule has 0 spiro atoms. The van der Waals surface area contributed by atoms with Crippen LogP contribution >= 0.6 is 12.6 Å². The largest absolute Gasteiger partial charge is 0.634 e. The molecule has 0 aromatic heterocycles. The maximum Gasteiger partial charge on any atom is 0.634 e. The van der Waals surface area contributed by atoms with Crippen LogP contribution in [0.4, 0.5) is 0 Å². The third-order valence-corrected chi connectivity index (χ3v) is 1.13. The van der Waals surface area contributed by atoms with Gasteiger partial charge in [-0.25, -0.2) is 0 Å². The van der Waals surface area contributed by atoms with Crippen molar-refractivity contribution in [1.82, 2.24) is 0 Å². The summed E-state index contributed by atoms with van der Waals surface area (Å²) in [5.74, 6) is 0.258. The van der Waals surface area contributed by atoms with Crippen LogP contribution < -0.4 is 0 Å². The molecule has 54 valence electrons. The predicted octanol–water partition coefficient (Wildman–Crippen LogP) is -1.74. The summed E-state index contributed by atoms with van der Waals surface area (Å²) < 4.78 is 4.33. The van der Waals surface area contributed by atoms with Gasteiger partial charge in [-0.1, -0.05) is 0 Å². The van der Waals surface area contributed by atoms with E-state index in [1.54, 1.807) is 0 Å². The van der Waals surface area contributed by atoms with E-state index in [4.69, 9.17) is 15.2 Å². The third kappa shape index (κ3) is 4.74. The van der Waals surface area contributed by atoms with Gasteiger partial charge in [0.25, 0.3) is 0 Å². The van der Waals surface area contributed by atoms with Crippen LogP contribution in [0.2, 0.25) is 0 Å². The quantitative estimate of drug-likeness (QED) is 0.285. The summed E-state index contributed by atoms with van der Waals surface area (Å²) in [4.78, 5) is 0. The number of hydrogen-bond acceptors (Lipinski definition) is 5. The Balaban J connectivity index is 3.31. The fraction of sp³-hybridized carbons (Fsp3) is 1.00. The van der Waals surface area contributed by atoms with Crippen LogP contribution in [0.25, 0.3) is 0 Å². The van der Waals surface area contributed by atoms with Gasteiger partial charge in [-0.3, -0.25) is 0 Å². The number of aliphatic hydroxyl groups excluding tert-OH is 1. The van der Waals surface area contributed by atoms with Crippen molar-refractivity contribution in [2.45, 2.75) is 6.10 Å². The fourth-order valence-electron chi connectivity index (χ4n) is 0.316. The molecule has 4 nitrogen and oxygen atoms in total. The molecule has 0 aromatic rings. The highest BCUT2D eigenvalue weighted by molar-refractivity contribution is 7.80. The Morgan fingerprint density at radius 2 is 2.11 bits per heavy atom. The first-order chi connectivity index (χ1) is 4.20. The summed E-state index contributed by atoms with van der Waals surface area (Å²) in [7, 11) is -1.82. The Morgan fingerprint density at radius 1 is 1.56 bits per heavy atom. The average molecular weight is 152 g/mol. The SMILES string of the molecule is OCC(CS)OB(O)O. The molecule has 0 aliphatic carbocycles. The van der Waals surface area contributed by atoms with E-state index in [1.807, 2.05) is 0 Å². The van der Waals surface area contributed by atoms with Gasteiger partial charge < -0.3 is 19.8 Å². The first kappa shape index (κ1) is 9.25. The van der Waals surface area contributed by atoms with Gasteiger partial charge in [-0.2, -0.15) is 12.6 Å². The van der Waals surface area contributed by atoms with Crippen LogP contribution in [0.5, 0.6) is 0 Å². The standard InChI is InChI=1S/C3H9BO4S/c5-1-3(2-9)8-4(6)7/h3,5-7,9H,1-2H2. The maximum atomic E-state index is 8.38. The molecule has 1 unspecified atom stereocenters. The second kappa shape index (κ2) is 5.07. The van der Waals surface area contributed by atoms with Crippen LogP contribution in [0, 0.1) is 0 Å². The van der Waals surface area contributed by atoms with Crippen molar-refractivity contribution in [3.8, 4) is 0 Å². The molecule has 0 saturated heterocycles. The van der Waals surface area contributed by atoms with Crippen LogP contribution in [0.3, 0.4) is 0 Å². The number of rotatable bonds is 4. The molecule has 0 amide bonds. The first-order valence-electron chi connectivity index (χ1n) is 2.44. The zero-order valence-corrected chi connectivity index (χ0v) is 5.66. The maximum absolute atomic E-state index is 8.38.